The predicted octanol–water partition coefficient (Wildman–Crippen LogP) is 3.93. The molecule has 0 saturated carbocycles. The fourth-order valence-corrected chi connectivity index (χ4v) is 2.27. The van der Waals surface area contributed by atoms with E-state index in [4.69, 9.17) is 20.9 Å². The fourth-order valence-electron chi connectivity index (χ4n) is 2.15. The van der Waals surface area contributed by atoms with E-state index >= 15 is 0 Å². The maximum Gasteiger partial charge on any atom is 0.273 e. The maximum absolute atomic E-state index is 12.2. The van der Waals surface area contributed by atoms with Gasteiger partial charge in [-0.15, -0.1) is 0 Å². The Morgan fingerprint density at radius 1 is 1.17 bits per heavy atom. The van der Waals surface area contributed by atoms with Crippen LogP contribution in [0.1, 0.15) is 16.1 Å². The summed E-state index contributed by atoms with van der Waals surface area (Å²) >= 11 is 5.86. The van der Waals surface area contributed by atoms with Gasteiger partial charge in [0.2, 0.25) is 0 Å². The summed E-state index contributed by atoms with van der Waals surface area (Å²) in [6.07, 6.45) is 0. The molecular formula is C18H15ClN2O3. The van der Waals surface area contributed by atoms with Gasteiger partial charge < -0.3 is 14.6 Å². The average Bonchev–Trinajstić information content (AvgIpc) is 3.11. The van der Waals surface area contributed by atoms with Crippen molar-refractivity contribution >= 4 is 17.5 Å². The molecule has 1 amide bonds. The molecule has 0 bridgehead atoms. The molecule has 1 aromatic heterocycles. The summed E-state index contributed by atoms with van der Waals surface area (Å²) in [7, 11) is 1.61. The van der Waals surface area contributed by atoms with Crippen molar-refractivity contribution in [1.29, 1.82) is 0 Å². The van der Waals surface area contributed by atoms with E-state index < -0.39 is 0 Å². The Hall–Kier alpha value is -2.79. The summed E-state index contributed by atoms with van der Waals surface area (Å²) in [5.74, 6) is 0.991. The highest BCUT2D eigenvalue weighted by atomic mass is 35.5. The van der Waals surface area contributed by atoms with Gasteiger partial charge in [0, 0.05) is 23.2 Å². The summed E-state index contributed by atoms with van der Waals surface area (Å²) < 4.78 is 10.3. The highest BCUT2D eigenvalue weighted by molar-refractivity contribution is 6.30. The Morgan fingerprint density at radius 3 is 2.54 bits per heavy atom. The lowest BCUT2D eigenvalue weighted by Gasteiger charge is -2.04. The van der Waals surface area contributed by atoms with Gasteiger partial charge in [0.25, 0.3) is 5.91 Å². The number of rotatable bonds is 5. The average molecular weight is 343 g/mol. The van der Waals surface area contributed by atoms with E-state index in [0.717, 1.165) is 16.9 Å². The van der Waals surface area contributed by atoms with E-state index in [1.54, 1.807) is 25.3 Å². The zero-order chi connectivity index (χ0) is 16.9. The first-order valence-electron chi connectivity index (χ1n) is 7.29. The third-order valence-corrected chi connectivity index (χ3v) is 3.74. The van der Waals surface area contributed by atoms with Gasteiger partial charge in [-0.2, -0.15) is 0 Å². The van der Waals surface area contributed by atoms with Crippen molar-refractivity contribution in [2.75, 3.05) is 7.11 Å². The molecule has 2 aromatic carbocycles. The minimum absolute atomic E-state index is 0.230. The first-order valence-corrected chi connectivity index (χ1v) is 7.67. The Kier molecular flexibility index (Phi) is 4.82. The SMILES string of the molecule is COc1ccc(CNC(=O)c2cc(-c3ccc(Cl)cc3)on2)cc1. The van der Waals surface area contributed by atoms with Crippen molar-refractivity contribution in [2.45, 2.75) is 6.54 Å². The Labute approximate surface area is 144 Å². The Bertz CT molecular complexity index is 826. The fraction of sp³-hybridized carbons (Fsp3) is 0.111. The van der Waals surface area contributed by atoms with Gasteiger partial charge in [-0.05, 0) is 42.0 Å². The molecule has 6 heteroatoms. The van der Waals surface area contributed by atoms with Gasteiger partial charge in [-0.3, -0.25) is 4.79 Å². The molecule has 0 spiro atoms. The van der Waals surface area contributed by atoms with Crippen molar-refractivity contribution in [3.63, 3.8) is 0 Å². The smallest absolute Gasteiger partial charge is 0.273 e. The van der Waals surface area contributed by atoms with Crippen molar-refractivity contribution < 1.29 is 14.1 Å². The van der Waals surface area contributed by atoms with Crippen LogP contribution in [-0.2, 0) is 6.54 Å². The van der Waals surface area contributed by atoms with Crippen molar-refractivity contribution in [1.82, 2.24) is 10.5 Å². The molecule has 122 valence electrons. The number of benzene rings is 2. The number of halogens is 1. The van der Waals surface area contributed by atoms with Gasteiger partial charge >= 0.3 is 0 Å². The van der Waals surface area contributed by atoms with Gasteiger partial charge in [-0.1, -0.05) is 28.9 Å². The molecule has 3 rings (SSSR count). The van der Waals surface area contributed by atoms with Crippen LogP contribution in [0, 0.1) is 0 Å². The predicted molar refractivity (Wildman–Crippen MR) is 91.1 cm³/mol. The monoisotopic (exact) mass is 342 g/mol. The van der Waals surface area contributed by atoms with Crippen LogP contribution in [0.5, 0.6) is 5.75 Å². The molecule has 5 nitrogen and oxygen atoms in total. The summed E-state index contributed by atoms with van der Waals surface area (Å²) in [5.41, 5.74) is 2.00. The van der Waals surface area contributed by atoms with Gasteiger partial charge in [0.15, 0.2) is 11.5 Å². The second-order valence-electron chi connectivity index (χ2n) is 5.11. The lowest BCUT2D eigenvalue weighted by Crippen LogP contribution is -2.22. The van der Waals surface area contributed by atoms with E-state index in [-0.39, 0.29) is 11.6 Å². The number of ether oxygens (including phenoxy) is 1. The highest BCUT2D eigenvalue weighted by Gasteiger charge is 2.13. The first-order chi connectivity index (χ1) is 11.7. The van der Waals surface area contributed by atoms with Crippen molar-refractivity contribution in [2.24, 2.45) is 0 Å². The standard InChI is InChI=1S/C18H15ClN2O3/c1-23-15-8-2-12(3-9-15)11-20-18(22)16-10-17(24-21-16)13-4-6-14(19)7-5-13/h2-10H,11H2,1H3,(H,20,22). The number of aromatic nitrogens is 1. The quantitative estimate of drug-likeness (QED) is 0.763. The van der Waals surface area contributed by atoms with E-state index in [9.17, 15) is 4.79 Å². The zero-order valence-corrected chi connectivity index (χ0v) is 13.7. The molecule has 0 unspecified atom stereocenters. The van der Waals surface area contributed by atoms with E-state index in [1.165, 1.54) is 0 Å². The van der Waals surface area contributed by atoms with E-state index in [1.807, 2.05) is 36.4 Å². The number of nitrogens with one attached hydrogen (secondary N) is 1. The number of hydrogen-bond acceptors (Lipinski definition) is 4. The largest absolute Gasteiger partial charge is 0.497 e. The summed E-state index contributed by atoms with van der Waals surface area (Å²) in [6.45, 7) is 0.395. The number of amides is 1. The normalized spacial score (nSPS) is 10.4. The number of nitrogens with zero attached hydrogens (tertiary/aromatic N) is 1. The number of carbonyl (C=O) groups is 1. The Morgan fingerprint density at radius 2 is 1.88 bits per heavy atom. The molecule has 0 fully saturated rings. The molecule has 0 saturated heterocycles. The van der Waals surface area contributed by atoms with Crippen LogP contribution < -0.4 is 10.1 Å². The molecular weight excluding hydrogens is 328 g/mol. The highest BCUT2D eigenvalue weighted by Crippen LogP contribution is 2.22. The summed E-state index contributed by atoms with van der Waals surface area (Å²) in [6, 6.07) is 16.2. The van der Waals surface area contributed by atoms with Crippen molar-refractivity contribution in [3.05, 3.63) is 70.9 Å². The van der Waals surface area contributed by atoms with Crippen LogP contribution in [-0.4, -0.2) is 18.2 Å². The summed E-state index contributed by atoms with van der Waals surface area (Å²) in [4.78, 5) is 12.2. The van der Waals surface area contributed by atoms with E-state index in [2.05, 4.69) is 10.5 Å². The minimum Gasteiger partial charge on any atom is -0.497 e. The minimum atomic E-state index is -0.296. The van der Waals surface area contributed by atoms with E-state index in [0.29, 0.717) is 17.3 Å². The molecule has 0 aliphatic carbocycles. The third kappa shape index (κ3) is 3.75. The van der Waals surface area contributed by atoms with Crippen LogP contribution in [0.4, 0.5) is 0 Å². The molecule has 0 atom stereocenters. The molecule has 24 heavy (non-hydrogen) atoms. The molecule has 0 aliphatic heterocycles. The molecule has 1 heterocycles. The van der Waals surface area contributed by atoms with Gasteiger partial charge in [0.1, 0.15) is 5.75 Å². The maximum atomic E-state index is 12.2. The topological polar surface area (TPSA) is 64.4 Å². The van der Waals surface area contributed by atoms with Crippen LogP contribution in [0.3, 0.4) is 0 Å². The third-order valence-electron chi connectivity index (χ3n) is 3.48. The number of carbonyl (C=O) groups excluding carboxylic acids is 1. The molecule has 3 aromatic rings. The first kappa shape index (κ1) is 16.1. The van der Waals surface area contributed by atoms with Crippen LogP contribution in [0.2, 0.25) is 5.02 Å². The van der Waals surface area contributed by atoms with Crippen LogP contribution in [0.15, 0.2) is 59.1 Å². The molecule has 1 N–H and O–H groups in total. The Balaban J connectivity index is 1.64. The lowest BCUT2D eigenvalue weighted by atomic mass is 10.1. The van der Waals surface area contributed by atoms with Gasteiger partial charge in [-0.25, -0.2) is 0 Å². The summed E-state index contributed by atoms with van der Waals surface area (Å²) in [5, 5.41) is 7.25. The number of hydrogen-bond donors (Lipinski definition) is 1. The lowest BCUT2D eigenvalue weighted by molar-refractivity contribution is 0.0942. The second-order valence-corrected chi connectivity index (χ2v) is 5.55. The molecule has 0 radical (unpaired) electrons. The zero-order valence-electron chi connectivity index (χ0n) is 13.0. The molecule has 0 aliphatic rings. The second kappa shape index (κ2) is 7.19. The van der Waals surface area contributed by atoms with Crippen molar-refractivity contribution in [3.8, 4) is 17.1 Å². The number of methoxy groups -OCH3 is 1. The van der Waals surface area contributed by atoms with Crippen LogP contribution >= 0.6 is 11.6 Å². The van der Waals surface area contributed by atoms with Gasteiger partial charge in [0.05, 0.1) is 7.11 Å². The van der Waals surface area contributed by atoms with Crippen LogP contribution in [0.25, 0.3) is 11.3 Å².